The minimum atomic E-state index is -0.121. The van der Waals surface area contributed by atoms with Crippen LogP contribution in [0.15, 0.2) is 0 Å². The zero-order valence-electron chi connectivity index (χ0n) is 8.60. The quantitative estimate of drug-likeness (QED) is 0.594. The molecule has 1 aliphatic carbocycles. The molecule has 0 spiro atoms. The van der Waals surface area contributed by atoms with Crippen LogP contribution >= 0.6 is 0 Å². The lowest BCUT2D eigenvalue weighted by Gasteiger charge is -2.34. The molecular weight excluding hydrogens is 160 g/mol. The number of terminal acetylenes is 1. The first kappa shape index (κ1) is 10.3. The summed E-state index contributed by atoms with van der Waals surface area (Å²) >= 11 is 0. The van der Waals surface area contributed by atoms with Crippen molar-refractivity contribution in [3.63, 3.8) is 0 Å². The summed E-state index contributed by atoms with van der Waals surface area (Å²) in [5, 5.41) is 0. The summed E-state index contributed by atoms with van der Waals surface area (Å²) in [5.74, 6) is 3.30. The molecule has 2 atom stereocenters. The van der Waals surface area contributed by atoms with Crippen molar-refractivity contribution in [2.45, 2.75) is 46.0 Å². The van der Waals surface area contributed by atoms with Crippen molar-refractivity contribution in [1.82, 2.24) is 0 Å². The Morgan fingerprint density at radius 3 is 3.00 bits per heavy atom. The molecule has 13 heavy (non-hydrogen) atoms. The largest absolute Gasteiger partial charge is 0.299 e. The Balaban J connectivity index is 2.65. The molecule has 1 saturated carbocycles. The Morgan fingerprint density at radius 1 is 1.69 bits per heavy atom. The van der Waals surface area contributed by atoms with E-state index in [2.05, 4.69) is 12.8 Å². The predicted molar refractivity (Wildman–Crippen MR) is 54.2 cm³/mol. The molecule has 0 heterocycles. The molecule has 1 fully saturated rings. The number of rotatable bonds is 2. The normalized spacial score (nSPS) is 34.2. The lowest BCUT2D eigenvalue weighted by molar-refractivity contribution is -0.135. The van der Waals surface area contributed by atoms with Gasteiger partial charge >= 0.3 is 0 Å². The summed E-state index contributed by atoms with van der Waals surface area (Å²) in [6.45, 7) is 4.11. The third-order valence-corrected chi connectivity index (χ3v) is 3.23. The third kappa shape index (κ3) is 2.12. The van der Waals surface area contributed by atoms with Crippen LogP contribution in [-0.4, -0.2) is 5.78 Å². The molecule has 72 valence electrons. The topological polar surface area (TPSA) is 17.1 Å². The van der Waals surface area contributed by atoms with Crippen LogP contribution in [0, 0.1) is 23.7 Å². The number of Topliss-reactive ketones (excluding diaryl/α,β-unsaturated/α-hetero) is 1. The summed E-state index contributed by atoms with van der Waals surface area (Å²) < 4.78 is 0. The van der Waals surface area contributed by atoms with Gasteiger partial charge in [0.2, 0.25) is 0 Å². The molecule has 1 heteroatoms. The maximum atomic E-state index is 11.9. The zero-order chi connectivity index (χ0) is 9.90. The van der Waals surface area contributed by atoms with Crippen LogP contribution in [0.1, 0.15) is 46.0 Å². The van der Waals surface area contributed by atoms with Crippen molar-refractivity contribution < 1.29 is 4.79 Å². The molecule has 2 unspecified atom stereocenters. The second kappa shape index (κ2) is 3.96. The third-order valence-electron chi connectivity index (χ3n) is 3.23. The highest BCUT2D eigenvalue weighted by atomic mass is 16.1. The van der Waals surface area contributed by atoms with E-state index >= 15 is 0 Å². The smallest absolute Gasteiger partial charge is 0.141 e. The summed E-state index contributed by atoms with van der Waals surface area (Å²) in [6, 6.07) is 0. The number of hydrogen-bond donors (Lipinski definition) is 0. The Kier molecular flexibility index (Phi) is 3.14. The molecule has 0 radical (unpaired) electrons. The van der Waals surface area contributed by atoms with Crippen LogP contribution in [0.3, 0.4) is 0 Å². The fourth-order valence-corrected chi connectivity index (χ4v) is 2.24. The maximum Gasteiger partial charge on any atom is 0.141 e. The molecule has 0 bridgehead atoms. The van der Waals surface area contributed by atoms with Crippen molar-refractivity contribution in [3.05, 3.63) is 0 Å². The highest BCUT2D eigenvalue weighted by Crippen LogP contribution is 2.39. The van der Waals surface area contributed by atoms with Gasteiger partial charge in [0.15, 0.2) is 0 Å². The van der Waals surface area contributed by atoms with E-state index in [1.807, 2.05) is 6.92 Å². The van der Waals surface area contributed by atoms with E-state index < -0.39 is 0 Å². The molecule has 0 aliphatic heterocycles. The Labute approximate surface area is 80.9 Å². The van der Waals surface area contributed by atoms with Gasteiger partial charge in [-0.1, -0.05) is 20.3 Å². The molecule has 1 nitrogen and oxygen atoms in total. The van der Waals surface area contributed by atoms with E-state index in [0.29, 0.717) is 5.78 Å². The van der Waals surface area contributed by atoms with Crippen molar-refractivity contribution in [2.24, 2.45) is 11.3 Å². The minimum absolute atomic E-state index is 0.121. The lowest BCUT2D eigenvalue weighted by Crippen LogP contribution is -2.36. The number of hydrogen-bond acceptors (Lipinski definition) is 1. The van der Waals surface area contributed by atoms with E-state index in [9.17, 15) is 4.79 Å². The first-order valence-corrected chi connectivity index (χ1v) is 5.08. The number of carbonyl (C=O) groups excluding carboxylic acids is 1. The average molecular weight is 178 g/mol. The monoisotopic (exact) mass is 178 g/mol. The van der Waals surface area contributed by atoms with Gasteiger partial charge < -0.3 is 0 Å². The van der Waals surface area contributed by atoms with Crippen LogP contribution in [0.5, 0.6) is 0 Å². The van der Waals surface area contributed by atoms with E-state index in [4.69, 9.17) is 6.42 Å². The maximum absolute atomic E-state index is 11.9. The fraction of sp³-hybridized carbons (Fsp3) is 0.750. The molecule has 0 N–H and O–H groups in total. The zero-order valence-corrected chi connectivity index (χ0v) is 8.60. The fourth-order valence-electron chi connectivity index (χ4n) is 2.24. The summed E-state index contributed by atoms with van der Waals surface area (Å²) in [6.07, 6.45) is 10.1. The van der Waals surface area contributed by atoms with Crippen molar-refractivity contribution in [3.8, 4) is 12.3 Å². The summed E-state index contributed by atoms with van der Waals surface area (Å²) in [7, 11) is 0. The number of ketones is 1. The second-order valence-corrected chi connectivity index (χ2v) is 4.42. The van der Waals surface area contributed by atoms with E-state index in [0.717, 1.165) is 25.7 Å². The Hall–Kier alpha value is -0.770. The lowest BCUT2D eigenvalue weighted by atomic mass is 9.68. The van der Waals surface area contributed by atoms with Crippen molar-refractivity contribution in [1.29, 1.82) is 0 Å². The SMILES string of the molecule is C#CCCC1(C)CCCC(C)C1=O. The van der Waals surface area contributed by atoms with Gasteiger partial charge in [-0.15, -0.1) is 12.3 Å². The summed E-state index contributed by atoms with van der Waals surface area (Å²) in [4.78, 5) is 11.9. The molecule has 0 aromatic heterocycles. The van der Waals surface area contributed by atoms with Crippen molar-refractivity contribution in [2.75, 3.05) is 0 Å². The predicted octanol–water partition coefficient (Wildman–Crippen LogP) is 2.80. The van der Waals surface area contributed by atoms with Crippen molar-refractivity contribution >= 4 is 5.78 Å². The molecule has 1 rings (SSSR count). The second-order valence-electron chi connectivity index (χ2n) is 4.42. The Morgan fingerprint density at radius 2 is 2.38 bits per heavy atom. The number of carbonyl (C=O) groups is 1. The molecular formula is C12H18O. The summed E-state index contributed by atoms with van der Waals surface area (Å²) in [5.41, 5.74) is -0.121. The van der Waals surface area contributed by atoms with Crippen LogP contribution in [0.4, 0.5) is 0 Å². The van der Waals surface area contributed by atoms with Gasteiger partial charge in [-0.3, -0.25) is 4.79 Å². The van der Waals surface area contributed by atoms with Gasteiger partial charge in [0.25, 0.3) is 0 Å². The highest BCUT2D eigenvalue weighted by molar-refractivity contribution is 5.87. The first-order chi connectivity index (χ1) is 6.10. The van der Waals surface area contributed by atoms with Crippen LogP contribution in [0.25, 0.3) is 0 Å². The van der Waals surface area contributed by atoms with E-state index in [1.165, 1.54) is 6.42 Å². The molecule has 0 aromatic rings. The Bertz CT molecular complexity index is 236. The first-order valence-electron chi connectivity index (χ1n) is 5.08. The van der Waals surface area contributed by atoms with Gasteiger partial charge in [0.05, 0.1) is 0 Å². The van der Waals surface area contributed by atoms with E-state index in [1.54, 1.807) is 0 Å². The van der Waals surface area contributed by atoms with Gasteiger partial charge in [0.1, 0.15) is 5.78 Å². The van der Waals surface area contributed by atoms with Crippen LogP contribution in [-0.2, 0) is 4.79 Å². The standard InChI is InChI=1S/C12H18O/c1-4-5-8-12(3)9-6-7-10(2)11(12)13/h1,10H,5-9H2,2-3H3. The minimum Gasteiger partial charge on any atom is -0.299 e. The van der Waals surface area contributed by atoms with Gasteiger partial charge in [0, 0.05) is 17.8 Å². The van der Waals surface area contributed by atoms with E-state index in [-0.39, 0.29) is 11.3 Å². The molecule has 0 aromatic carbocycles. The molecule has 0 amide bonds. The highest BCUT2D eigenvalue weighted by Gasteiger charge is 2.38. The molecule has 0 saturated heterocycles. The van der Waals surface area contributed by atoms with Gasteiger partial charge in [-0.05, 0) is 19.3 Å². The van der Waals surface area contributed by atoms with Gasteiger partial charge in [-0.25, -0.2) is 0 Å². The van der Waals surface area contributed by atoms with Gasteiger partial charge in [-0.2, -0.15) is 0 Å². The average Bonchev–Trinajstić information content (AvgIpc) is 2.11. The molecule has 1 aliphatic rings. The van der Waals surface area contributed by atoms with Crippen LogP contribution < -0.4 is 0 Å². The van der Waals surface area contributed by atoms with Crippen LogP contribution in [0.2, 0.25) is 0 Å².